The van der Waals surface area contributed by atoms with Crippen LogP contribution in [0.1, 0.15) is 39.5 Å². The van der Waals surface area contributed by atoms with Crippen LogP contribution in [-0.4, -0.2) is 12.0 Å². The van der Waals surface area contributed by atoms with E-state index in [1.54, 1.807) is 6.92 Å². The second kappa shape index (κ2) is 3.91. The molecule has 0 radical (unpaired) electrons. The van der Waals surface area contributed by atoms with Crippen LogP contribution >= 0.6 is 0 Å². The third-order valence-electron chi connectivity index (χ3n) is 3.32. The van der Waals surface area contributed by atoms with Crippen LogP contribution in [0.4, 0.5) is 8.78 Å². The Kier molecular flexibility index (Phi) is 3.28. The molecule has 78 valence electrons. The largest absolute Gasteiger partial charge is 0.328 e. The fraction of sp³-hybridized carbons (Fsp3) is 1.00. The van der Waals surface area contributed by atoms with Crippen molar-refractivity contribution in [1.29, 1.82) is 0 Å². The molecule has 1 aliphatic carbocycles. The maximum absolute atomic E-state index is 13.0. The number of nitrogens with two attached hydrogens (primary N) is 1. The maximum Gasteiger partial charge on any atom is 0.248 e. The van der Waals surface area contributed by atoms with Gasteiger partial charge >= 0.3 is 0 Å². The molecule has 13 heavy (non-hydrogen) atoms. The molecule has 0 aliphatic heterocycles. The van der Waals surface area contributed by atoms with Gasteiger partial charge in [-0.2, -0.15) is 0 Å². The molecule has 3 heteroatoms. The molecule has 0 amide bonds. The quantitative estimate of drug-likeness (QED) is 0.713. The molecule has 0 heterocycles. The van der Waals surface area contributed by atoms with Crippen LogP contribution in [0.3, 0.4) is 0 Å². The Morgan fingerprint density at radius 2 is 1.69 bits per heavy atom. The fourth-order valence-electron chi connectivity index (χ4n) is 2.06. The molecule has 1 nitrogen and oxygen atoms in total. The molecule has 0 aromatic heterocycles. The van der Waals surface area contributed by atoms with Gasteiger partial charge in [0.1, 0.15) is 0 Å². The maximum atomic E-state index is 13.0. The first kappa shape index (κ1) is 10.9. The molecule has 2 N–H and O–H groups in total. The van der Waals surface area contributed by atoms with Gasteiger partial charge in [-0.05, 0) is 38.5 Å². The summed E-state index contributed by atoms with van der Waals surface area (Å²) in [6.45, 7) is 2.67. The molecule has 1 fully saturated rings. The van der Waals surface area contributed by atoms with Gasteiger partial charge in [0.05, 0.1) is 0 Å². The van der Waals surface area contributed by atoms with Gasteiger partial charge in [0, 0.05) is 12.0 Å². The van der Waals surface area contributed by atoms with Crippen LogP contribution in [-0.2, 0) is 0 Å². The summed E-state index contributed by atoms with van der Waals surface area (Å²) in [5, 5.41) is 0. The van der Waals surface area contributed by atoms with E-state index in [1.165, 1.54) is 0 Å². The average Bonchev–Trinajstić information content (AvgIpc) is 2.03. The minimum absolute atomic E-state index is 0.166. The monoisotopic (exact) mass is 191 g/mol. The summed E-state index contributed by atoms with van der Waals surface area (Å²) in [7, 11) is 0. The second-order valence-corrected chi connectivity index (χ2v) is 4.42. The van der Waals surface area contributed by atoms with Crippen molar-refractivity contribution in [3.63, 3.8) is 0 Å². The molecule has 0 spiro atoms. The highest BCUT2D eigenvalue weighted by Gasteiger charge is 2.37. The van der Waals surface area contributed by atoms with Gasteiger partial charge in [-0.3, -0.25) is 0 Å². The van der Waals surface area contributed by atoms with Gasteiger partial charge in [0.25, 0.3) is 0 Å². The van der Waals surface area contributed by atoms with Crippen LogP contribution in [0.25, 0.3) is 0 Å². The van der Waals surface area contributed by atoms with Gasteiger partial charge in [-0.15, -0.1) is 0 Å². The molecule has 0 aromatic rings. The molecule has 1 rings (SSSR count). The van der Waals surface area contributed by atoms with Crippen LogP contribution < -0.4 is 5.73 Å². The summed E-state index contributed by atoms with van der Waals surface area (Å²) < 4.78 is 25.9. The number of halogens is 2. The second-order valence-electron chi connectivity index (χ2n) is 4.42. The van der Waals surface area contributed by atoms with Crippen molar-refractivity contribution < 1.29 is 8.78 Å². The van der Waals surface area contributed by atoms with E-state index in [2.05, 4.69) is 0 Å². The van der Waals surface area contributed by atoms with Gasteiger partial charge in [0.15, 0.2) is 0 Å². The van der Waals surface area contributed by atoms with Crippen molar-refractivity contribution in [1.82, 2.24) is 0 Å². The Morgan fingerprint density at radius 1 is 1.23 bits per heavy atom. The molecule has 0 aromatic carbocycles. The van der Waals surface area contributed by atoms with Crippen LogP contribution in [0, 0.1) is 11.8 Å². The smallest absolute Gasteiger partial charge is 0.248 e. The first-order chi connectivity index (χ1) is 5.91. The number of alkyl halides is 2. The first-order valence-electron chi connectivity index (χ1n) is 5.04. The Morgan fingerprint density at radius 3 is 2.08 bits per heavy atom. The summed E-state index contributed by atoms with van der Waals surface area (Å²) >= 11 is 0. The number of hydrogen-bond acceptors (Lipinski definition) is 1. The van der Waals surface area contributed by atoms with Gasteiger partial charge in [0.2, 0.25) is 5.92 Å². The lowest BCUT2D eigenvalue weighted by Crippen LogP contribution is -2.34. The number of rotatable bonds is 2. The zero-order chi connectivity index (χ0) is 10.1. The Labute approximate surface area is 78.7 Å². The highest BCUT2D eigenvalue weighted by molar-refractivity contribution is 4.82. The lowest BCUT2D eigenvalue weighted by atomic mass is 9.77. The predicted molar refractivity (Wildman–Crippen MR) is 49.7 cm³/mol. The van der Waals surface area contributed by atoms with E-state index in [0.29, 0.717) is 0 Å². The molecule has 0 saturated heterocycles. The molecule has 1 aliphatic rings. The third-order valence-corrected chi connectivity index (χ3v) is 3.32. The average molecular weight is 191 g/mol. The first-order valence-corrected chi connectivity index (χ1v) is 5.04. The summed E-state index contributed by atoms with van der Waals surface area (Å²) in [6, 6.07) is 0.244. The van der Waals surface area contributed by atoms with E-state index < -0.39 is 11.8 Å². The molecule has 0 unspecified atom stereocenters. The van der Waals surface area contributed by atoms with Crippen LogP contribution in [0.15, 0.2) is 0 Å². The lowest BCUT2D eigenvalue weighted by Gasteiger charge is -2.33. The van der Waals surface area contributed by atoms with Crippen LogP contribution in [0.2, 0.25) is 0 Å². The third kappa shape index (κ3) is 2.90. The molecule has 1 saturated carbocycles. The molecule has 1 atom stereocenters. The highest BCUT2D eigenvalue weighted by atomic mass is 19.3. The predicted octanol–water partition coefficient (Wildman–Crippen LogP) is 2.80. The van der Waals surface area contributed by atoms with Crippen molar-refractivity contribution in [3.8, 4) is 0 Å². The molecular weight excluding hydrogens is 172 g/mol. The van der Waals surface area contributed by atoms with Crippen molar-refractivity contribution in [3.05, 3.63) is 0 Å². The van der Waals surface area contributed by atoms with Gasteiger partial charge < -0.3 is 5.73 Å². The minimum Gasteiger partial charge on any atom is -0.328 e. The van der Waals surface area contributed by atoms with E-state index in [1.807, 2.05) is 0 Å². The van der Waals surface area contributed by atoms with E-state index in [-0.39, 0.29) is 12.0 Å². The van der Waals surface area contributed by atoms with Crippen molar-refractivity contribution >= 4 is 0 Å². The van der Waals surface area contributed by atoms with E-state index >= 15 is 0 Å². The SMILES string of the molecule is C[C@@H](C1CCC(N)CC1)C(C)(F)F. The fourth-order valence-corrected chi connectivity index (χ4v) is 2.06. The standard InChI is InChI=1S/C10H19F2N/c1-7(10(2,11)12)8-3-5-9(13)6-4-8/h7-9H,3-6,13H2,1-2H3/t7-,8?,9?/m0/s1. The highest BCUT2D eigenvalue weighted by Crippen LogP contribution is 2.37. The van der Waals surface area contributed by atoms with Gasteiger partial charge in [-0.1, -0.05) is 6.92 Å². The summed E-state index contributed by atoms with van der Waals surface area (Å²) in [5.41, 5.74) is 5.72. The number of hydrogen-bond donors (Lipinski definition) is 1. The summed E-state index contributed by atoms with van der Waals surface area (Å²) in [5.74, 6) is -2.87. The zero-order valence-electron chi connectivity index (χ0n) is 8.39. The summed E-state index contributed by atoms with van der Waals surface area (Å²) in [6.07, 6.45) is 3.55. The molecule has 0 bridgehead atoms. The summed E-state index contributed by atoms with van der Waals surface area (Å²) in [4.78, 5) is 0. The van der Waals surface area contributed by atoms with E-state index in [9.17, 15) is 8.78 Å². The Hall–Kier alpha value is -0.180. The minimum atomic E-state index is -2.54. The lowest BCUT2D eigenvalue weighted by molar-refractivity contribution is -0.0617. The van der Waals surface area contributed by atoms with Gasteiger partial charge in [-0.25, -0.2) is 8.78 Å². The van der Waals surface area contributed by atoms with Crippen molar-refractivity contribution in [2.24, 2.45) is 17.6 Å². The Bertz CT molecular complexity index is 157. The van der Waals surface area contributed by atoms with Crippen molar-refractivity contribution in [2.45, 2.75) is 51.5 Å². The Balaban J connectivity index is 2.45. The normalized spacial score (nSPS) is 33.0. The van der Waals surface area contributed by atoms with Crippen LogP contribution in [0.5, 0.6) is 0 Å². The van der Waals surface area contributed by atoms with Crippen molar-refractivity contribution in [2.75, 3.05) is 0 Å². The van der Waals surface area contributed by atoms with E-state index in [4.69, 9.17) is 5.73 Å². The zero-order valence-corrected chi connectivity index (χ0v) is 8.39. The molecular formula is C10H19F2N. The van der Waals surface area contributed by atoms with E-state index in [0.717, 1.165) is 32.6 Å². The topological polar surface area (TPSA) is 26.0 Å².